The molecule has 0 bridgehead atoms. The van der Waals surface area contributed by atoms with Crippen molar-refractivity contribution in [1.82, 2.24) is 5.32 Å². The number of hydrogen-bond acceptors (Lipinski definition) is 1. The standard InChI is InChI=1S/C9H17N/c1-4-6-9(2)7-5-8-10-3/h4,6,10H,2,5,7-8H2,1,3H3/b6-4-. The number of rotatable bonds is 5. The van der Waals surface area contributed by atoms with Crippen LogP contribution < -0.4 is 5.32 Å². The lowest BCUT2D eigenvalue weighted by Gasteiger charge is -1.98. The summed E-state index contributed by atoms with van der Waals surface area (Å²) in [5.74, 6) is 0. The van der Waals surface area contributed by atoms with E-state index in [4.69, 9.17) is 0 Å². The van der Waals surface area contributed by atoms with Gasteiger partial charge in [-0.15, -0.1) is 0 Å². The molecule has 0 heterocycles. The van der Waals surface area contributed by atoms with Gasteiger partial charge in [0.15, 0.2) is 0 Å². The van der Waals surface area contributed by atoms with E-state index < -0.39 is 0 Å². The van der Waals surface area contributed by atoms with Crippen LogP contribution in [0.25, 0.3) is 0 Å². The first-order valence-electron chi connectivity index (χ1n) is 3.76. The molecule has 0 atom stereocenters. The Bertz CT molecular complexity index is 114. The van der Waals surface area contributed by atoms with E-state index in [1.807, 2.05) is 20.0 Å². The first-order valence-corrected chi connectivity index (χ1v) is 3.76. The number of nitrogens with one attached hydrogen (secondary N) is 1. The molecule has 0 aromatic carbocycles. The predicted molar refractivity (Wildman–Crippen MR) is 47.1 cm³/mol. The topological polar surface area (TPSA) is 12.0 Å². The molecule has 0 radical (unpaired) electrons. The van der Waals surface area contributed by atoms with Crippen LogP contribution >= 0.6 is 0 Å². The molecule has 0 spiro atoms. The summed E-state index contributed by atoms with van der Waals surface area (Å²) in [6.07, 6.45) is 6.38. The highest BCUT2D eigenvalue weighted by atomic mass is 14.8. The lowest BCUT2D eigenvalue weighted by Crippen LogP contribution is -2.07. The molecule has 0 unspecified atom stereocenters. The van der Waals surface area contributed by atoms with Crippen LogP contribution in [0, 0.1) is 0 Å². The van der Waals surface area contributed by atoms with Gasteiger partial charge in [0.2, 0.25) is 0 Å². The van der Waals surface area contributed by atoms with Gasteiger partial charge >= 0.3 is 0 Å². The molecule has 0 saturated heterocycles. The summed E-state index contributed by atoms with van der Waals surface area (Å²) in [5.41, 5.74) is 1.22. The Hall–Kier alpha value is -0.560. The monoisotopic (exact) mass is 139 g/mol. The van der Waals surface area contributed by atoms with Crippen molar-refractivity contribution in [1.29, 1.82) is 0 Å². The molecule has 10 heavy (non-hydrogen) atoms. The smallest absolute Gasteiger partial charge is 0.00488 e. The number of hydrogen-bond donors (Lipinski definition) is 1. The van der Waals surface area contributed by atoms with Gasteiger partial charge in [0.1, 0.15) is 0 Å². The van der Waals surface area contributed by atoms with Crippen LogP contribution in [0.3, 0.4) is 0 Å². The Morgan fingerprint density at radius 3 is 2.80 bits per heavy atom. The van der Waals surface area contributed by atoms with Gasteiger partial charge in [0.25, 0.3) is 0 Å². The zero-order chi connectivity index (χ0) is 7.82. The van der Waals surface area contributed by atoms with E-state index in [2.05, 4.69) is 18.0 Å². The third-order valence-corrected chi connectivity index (χ3v) is 1.33. The molecule has 0 aromatic heterocycles. The van der Waals surface area contributed by atoms with Crippen LogP contribution in [0.1, 0.15) is 19.8 Å². The molecular weight excluding hydrogens is 122 g/mol. The van der Waals surface area contributed by atoms with Crippen molar-refractivity contribution in [3.05, 3.63) is 24.3 Å². The first-order chi connectivity index (χ1) is 4.81. The van der Waals surface area contributed by atoms with Gasteiger partial charge in [-0.1, -0.05) is 24.3 Å². The molecule has 58 valence electrons. The van der Waals surface area contributed by atoms with Crippen molar-refractivity contribution in [2.24, 2.45) is 0 Å². The minimum atomic E-state index is 1.08. The summed E-state index contributed by atoms with van der Waals surface area (Å²) in [6.45, 7) is 7.00. The summed E-state index contributed by atoms with van der Waals surface area (Å²) in [4.78, 5) is 0. The first kappa shape index (κ1) is 9.44. The average molecular weight is 139 g/mol. The van der Waals surface area contributed by atoms with Gasteiger partial charge in [0.05, 0.1) is 0 Å². The van der Waals surface area contributed by atoms with Gasteiger partial charge in [-0.05, 0) is 33.4 Å². The van der Waals surface area contributed by atoms with E-state index in [9.17, 15) is 0 Å². The zero-order valence-electron chi connectivity index (χ0n) is 6.98. The Labute approximate surface area is 63.8 Å². The lowest BCUT2D eigenvalue weighted by molar-refractivity contribution is 0.727. The molecule has 0 rings (SSSR count). The van der Waals surface area contributed by atoms with E-state index in [1.165, 1.54) is 12.0 Å². The minimum absolute atomic E-state index is 1.08. The van der Waals surface area contributed by atoms with E-state index in [1.54, 1.807) is 0 Å². The Kier molecular flexibility index (Phi) is 6.19. The quantitative estimate of drug-likeness (QED) is 0.454. The maximum atomic E-state index is 3.90. The molecule has 1 N–H and O–H groups in total. The van der Waals surface area contributed by atoms with Crippen LogP contribution in [-0.4, -0.2) is 13.6 Å². The highest BCUT2D eigenvalue weighted by molar-refractivity contribution is 5.13. The lowest BCUT2D eigenvalue weighted by atomic mass is 10.1. The molecule has 0 aliphatic carbocycles. The van der Waals surface area contributed by atoms with Crippen molar-refractivity contribution in [2.75, 3.05) is 13.6 Å². The molecular formula is C9H17N. The van der Waals surface area contributed by atoms with Gasteiger partial charge in [-0.3, -0.25) is 0 Å². The van der Waals surface area contributed by atoms with E-state index in [-0.39, 0.29) is 0 Å². The Morgan fingerprint density at radius 2 is 2.30 bits per heavy atom. The van der Waals surface area contributed by atoms with Crippen molar-refractivity contribution in [3.63, 3.8) is 0 Å². The molecule has 1 nitrogen and oxygen atoms in total. The molecule has 1 heteroatoms. The molecule has 0 aliphatic heterocycles. The second-order valence-corrected chi connectivity index (χ2v) is 2.37. The second kappa shape index (κ2) is 6.56. The fourth-order valence-electron chi connectivity index (χ4n) is 0.811. The van der Waals surface area contributed by atoms with E-state index in [0.29, 0.717) is 0 Å². The molecule has 0 aliphatic rings. The average Bonchev–Trinajstić information content (AvgIpc) is 1.89. The normalized spacial score (nSPS) is 10.6. The summed E-state index contributed by atoms with van der Waals surface area (Å²) >= 11 is 0. The van der Waals surface area contributed by atoms with Gasteiger partial charge in [-0.25, -0.2) is 0 Å². The molecule has 0 saturated carbocycles. The second-order valence-electron chi connectivity index (χ2n) is 2.37. The van der Waals surface area contributed by atoms with Crippen LogP contribution in [0.2, 0.25) is 0 Å². The number of allylic oxidation sites excluding steroid dienone is 3. The molecule has 0 fully saturated rings. The van der Waals surface area contributed by atoms with Gasteiger partial charge in [0, 0.05) is 0 Å². The van der Waals surface area contributed by atoms with Crippen LogP contribution in [0.15, 0.2) is 24.3 Å². The van der Waals surface area contributed by atoms with Crippen LogP contribution in [-0.2, 0) is 0 Å². The van der Waals surface area contributed by atoms with E-state index >= 15 is 0 Å². The minimum Gasteiger partial charge on any atom is -0.320 e. The van der Waals surface area contributed by atoms with Gasteiger partial charge < -0.3 is 5.32 Å². The molecule has 0 aromatic rings. The Balaban J connectivity index is 3.22. The van der Waals surface area contributed by atoms with Crippen molar-refractivity contribution in [3.8, 4) is 0 Å². The summed E-state index contributed by atoms with van der Waals surface area (Å²) in [6, 6.07) is 0. The fourth-order valence-corrected chi connectivity index (χ4v) is 0.811. The summed E-state index contributed by atoms with van der Waals surface area (Å²) < 4.78 is 0. The van der Waals surface area contributed by atoms with Crippen molar-refractivity contribution in [2.45, 2.75) is 19.8 Å². The third-order valence-electron chi connectivity index (χ3n) is 1.33. The molecule has 0 amide bonds. The van der Waals surface area contributed by atoms with Gasteiger partial charge in [-0.2, -0.15) is 0 Å². The van der Waals surface area contributed by atoms with Crippen molar-refractivity contribution < 1.29 is 0 Å². The summed E-state index contributed by atoms with van der Waals surface area (Å²) in [7, 11) is 1.97. The largest absolute Gasteiger partial charge is 0.320 e. The summed E-state index contributed by atoms with van der Waals surface area (Å²) in [5, 5.41) is 3.10. The third kappa shape index (κ3) is 5.57. The SMILES string of the molecule is C=C(/C=C\C)CCCNC. The van der Waals surface area contributed by atoms with E-state index in [0.717, 1.165) is 13.0 Å². The van der Waals surface area contributed by atoms with Crippen LogP contribution in [0.4, 0.5) is 0 Å². The highest BCUT2D eigenvalue weighted by Gasteiger charge is 1.86. The zero-order valence-corrected chi connectivity index (χ0v) is 6.98. The van der Waals surface area contributed by atoms with Crippen LogP contribution in [0.5, 0.6) is 0 Å². The Morgan fingerprint density at radius 1 is 1.60 bits per heavy atom. The maximum absolute atomic E-state index is 3.90. The maximum Gasteiger partial charge on any atom is -0.00488 e. The highest BCUT2D eigenvalue weighted by Crippen LogP contribution is 2.02. The fraction of sp³-hybridized carbons (Fsp3) is 0.556. The van der Waals surface area contributed by atoms with Crippen molar-refractivity contribution >= 4 is 0 Å². The predicted octanol–water partition coefficient (Wildman–Crippen LogP) is 2.12.